The number of piperidine rings is 1. The smallest absolute Gasteiger partial charge is 0.303 e. The van der Waals surface area contributed by atoms with Crippen LogP contribution in [0.5, 0.6) is 11.5 Å². The SMILES string of the molecule is COc1ccc(CN2CCC(F)(F)CC2)c(OC)c1-c1cccc2c(CCC(=O)O)cccc12.FC(F)P.NC(=O)c1c(F)cc(N2CCOCC2)cc1F. The van der Waals surface area contributed by atoms with Gasteiger partial charge >= 0.3 is 5.97 Å². The van der Waals surface area contributed by atoms with Crippen LogP contribution >= 0.6 is 9.24 Å². The predicted octanol–water partition coefficient (Wildman–Crippen LogP) is 7.76. The summed E-state index contributed by atoms with van der Waals surface area (Å²) in [6, 6.07) is 17.9. The molecule has 298 valence electrons. The van der Waals surface area contributed by atoms with Crippen LogP contribution in [0.2, 0.25) is 0 Å². The Balaban J connectivity index is 0.000000266. The van der Waals surface area contributed by atoms with Crippen molar-refractivity contribution in [3.63, 3.8) is 0 Å². The Hall–Kier alpha value is -4.59. The van der Waals surface area contributed by atoms with Crippen molar-refractivity contribution in [2.75, 3.05) is 58.5 Å². The fourth-order valence-corrected chi connectivity index (χ4v) is 6.52. The van der Waals surface area contributed by atoms with E-state index >= 15 is 0 Å². The van der Waals surface area contributed by atoms with Gasteiger partial charge in [-0.2, -0.15) is 0 Å². The number of carboxylic acid groups (broad SMARTS) is 1. The van der Waals surface area contributed by atoms with Crippen molar-refractivity contribution in [1.29, 1.82) is 0 Å². The summed E-state index contributed by atoms with van der Waals surface area (Å²) >= 11 is 0. The molecule has 9 nitrogen and oxygen atoms in total. The summed E-state index contributed by atoms with van der Waals surface area (Å²) in [5.41, 5.74) is 8.17. The Morgan fingerprint density at radius 2 is 1.51 bits per heavy atom. The van der Waals surface area contributed by atoms with Gasteiger partial charge in [-0.1, -0.05) is 51.7 Å². The first-order valence-electron chi connectivity index (χ1n) is 17.4. The number of primary amides is 1. The van der Waals surface area contributed by atoms with Gasteiger partial charge < -0.3 is 30.0 Å². The monoisotopic (exact) mass is 795 g/mol. The summed E-state index contributed by atoms with van der Waals surface area (Å²) in [6.45, 7) is 3.33. The lowest BCUT2D eigenvalue weighted by molar-refractivity contribution is -0.136. The van der Waals surface area contributed by atoms with E-state index in [0.29, 0.717) is 69.5 Å². The minimum atomic E-state index is -2.59. The maximum atomic E-state index is 13.6. The van der Waals surface area contributed by atoms with E-state index in [1.807, 2.05) is 53.4 Å². The number of methoxy groups -OCH3 is 2. The highest BCUT2D eigenvalue weighted by molar-refractivity contribution is 7.16. The van der Waals surface area contributed by atoms with Gasteiger partial charge in [0.15, 0.2) is 0 Å². The van der Waals surface area contributed by atoms with E-state index in [2.05, 4.69) is 0 Å². The number of carboxylic acids is 1. The van der Waals surface area contributed by atoms with Crippen LogP contribution in [0.25, 0.3) is 21.9 Å². The van der Waals surface area contributed by atoms with Gasteiger partial charge in [0.2, 0.25) is 6.17 Å². The van der Waals surface area contributed by atoms with Gasteiger partial charge in [0.1, 0.15) is 28.7 Å². The average molecular weight is 796 g/mol. The molecule has 0 aliphatic carbocycles. The number of amides is 1. The quantitative estimate of drug-likeness (QED) is 0.124. The third-order valence-corrected chi connectivity index (χ3v) is 9.15. The highest BCUT2D eigenvalue weighted by Crippen LogP contribution is 2.44. The summed E-state index contributed by atoms with van der Waals surface area (Å²) in [7, 11) is 4.54. The van der Waals surface area contributed by atoms with Crippen molar-refractivity contribution in [3.8, 4) is 22.6 Å². The largest absolute Gasteiger partial charge is 0.496 e. The molecule has 0 aromatic heterocycles. The highest BCUT2D eigenvalue weighted by Gasteiger charge is 2.34. The van der Waals surface area contributed by atoms with Crippen molar-refractivity contribution < 1.29 is 55.2 Å². The molecule has 2 aliphatic heterocycles. The summed E-state index contributed by atoms with van der Waals surface area (Å²) in [5.74, 6) is -5.09. The van der Waals surface area contributed by atoms with Crippen LogP contribution in [0.15, 0.2) is 60.7 Å². The van der Waals surface area contributed by atoms with Gasteiger partial charge in [0, 0.05) is 63.2 Å². The molecular formula is C39H44F6N3O6P. The number of morpholine rings is 1. The molecule has 0 spiro atoms. The Bertz CT molecular complexity index is 1910. The number of fused-ring (bicyclic) bond motifs is 1. The number of likely N-dealkylation sites (tertiary alicyclic amines) is 1. The van der Waals surface area contributed by atoms with E-state index in [1.165, 1.54) is 9.24 Å². The Morgan fingerprint density at radius 1 is 0.909 bits per heavy atom. The van der Waals surface area contributed by atoms with Gasteiger partial charge in [0.25, 0.3) is 11.8 Å². The summed E-state index contributed by atoms with van der Waals surface area (Å²) in [4.78, 5) is 25.8. The summed E-state index contributed by atoms with van der Waals surface area (Å²) < 4.78 is 91.6. The lowest BCUT2D eigenvalue weighted by Gasteiger charge is -2.32. The van der Waals surface area contributed by atoms with Crippen molar-refractivity contribution in [2.24, 2.45) is 5.73 Å². The molecule has 1 amide bonds. The van der Waals surface area contributed by atoms with Crippen LogP contribution in [0.4, 0.5) is 32.0 Å². The Labute approximate surface area is 317 Å². The number of ether oxygens (including phenoxy) is 3. The topological polar surface area (TPSA) is 115 Å². The molecule has 3 N–H and O–H groups in total. The number of hydrogen-bond donors (Lipinski definition) is 2. The second-order valence-electron chi connectivity index (χ2n) is 12.8. The lowest BCUT2D eigenvalue weighted by atomic mass is 9.92. The van der Waals surface area contributed by atoms with Crippen molar-refractivity contribution in [3.05, 3.63) is 89.0 Å². The maximum absolute atomic E-state index is 13.6. The molecule has 16 heteroatoms. The number of nitrogens with two attached hydrogens (primary N) is 1. The predicted molar refractivity (Wildman–Crippen MR) is 202 cm³/mol. The standard InChI is InChI=1S/C27H29F2NO4.C11H12F2N2O2.CH3F2P/c1-33-23-11-9-19(17-30-15-13-27(28,29)14-16-30)26(34-2)25(23)22-8-4-6-20-18(10-12-24(31)32)5-3-7-21(20)22;12-8-5-7(15-1-3-17-4-2-15)6-9(13)10(8)11(14)16;2-1(3)4/h3-9,11H,10,12-17H2,1-2H3,(H,31,32);5-6H,1-4H2,(H2,14,16);1H,4H2. The highest BCUT2D eigenvalue weighted by atomic mass is 31.0. The van der Waals surface area contributed by atoms with Crippen molar-refractivity contribution in [2.45, 2.75) is 44.3 Å². The molecule has 2 aliphatic rings. The molecule has 0 saturated carbocycles. The first-order valence-corrected chi connectivity index (χ1v) is 18.0. The lowest BCUT2D eigenvalue weighted by Crippen LogP contribution is -2.38. The van der Waals surface area contributed by atoms with Crippen LogP contribution < -0.4 is 20.1 Å². The summed E-state index contributed by atoms with van der Waals surface area (Å²) in [6.07, 6.45) is -2.04. The molecule has 2 fully saturated rings. The molecule has 2 saturated heterocycles. The van der Waals surface area contributed by atoms with Crippen molar-refractivity contribution >= 4 is 37.6 Å². The molecule has 4 aromatic carbocycles. The number of anilines is 1. The first-order chi connectivity index (χ1) is 26.1. The van der Waals surface area contributed by atoms with Gasteiger partial charge in [-0.3, -0.25) is 14.5 Å². The van der Waals surface area contributed by atoms with Crippen LogP contribution in [0.1, 0.15) is 40.7 Å². The third kappa shape index (κ3) is 11.7. The molecule has 0 radical (unpaired) electrons. The van der Waals surface area contributed by atoms with Crippen LogP contribution in [-0.2, 0) is 22.5 Å². The van der Waals surface area contributed by atoms with E-state index in [4.69, 9.17) is 25.1 Å². The number of benzene rings is 4. The number of alkyl halides is 4. The molecule has 1 unspecified atom stereocenters. The number of hydrogen-bond acceptors (Lipinski definition) is 7. The molecule has 4 aromatic rings. The molecular weight excluding hydrogens is 751 g/mol. The zero-order valence-electron chi connectivity index (χ0n) is 30.4. The number of halogens is 6. The number of rotatable bonds is 10. The van der Waals surface area contributed by atoms with Crippen molar-refractivity contribution in [1.82, 2.24) is 4.90 Å². The van der Waals surface area contributed by atoms with Crippen LogP contribution in [-0.4, -0.2) is 87.6 Å². The molecule has 6 rings (SSSR count). The van der Waals surface area contributed by atoms with Crippen LogP contribution in [0.3, 0.4) is 0 Å². The first kappa shape index (κ1) is 43.1. The molecule has 0 bridgehead atoms. The van der Waals surface area contributed by atoms with Gasteiger partial charge in [0.05, 0.1) is 33.0 Å². The second-order valence-corrected chi connectivity index (χ2v) is 13.3. The minimum Gasteiger partial charge on any atom is -0.496 e. The van der Waals surface area contributed by atoms with E-state index in [-0.39, 0.29) is 19.3 Å². The zero-order chi connectivity index (χ0) is 40.3. The molecule has 2 heterocycles. The number of aliphatic carboxylic acids is 1. The van der Waals surface area contributed by atoms with E-state index in [1.54, 1.807) is 19.1 Å². The Kier molecular flexibility index (Phi) is 15.6. The number of nitrogens with zero attached hydrogens (tertiary/aromatic N) is 2. The van der Waals surface area contributed by atoms with E-state index in [0.717, 1.165) is 45.2 Å². The zero-order valence-corrected chi connectivity index (χ0v) is 31.6. The molecule has 55 heavy (non-hydrogen) atoms. The van der Waals surface area contributed by atoms with E-state index < -0.39 is 41.2 Å². The van der Waals surface area contributed by atoms with E-state index in [9.17, 15) is 35.9 Å². The third-order valence-electron chi connectivity index (χ3n) is 9.15. The second kappa shape index (κ2) is 19.8. The number of aryl methyl sites for hydroxylation is 1. The van der Waals surface area contributed by atoms with Crippen LogP contribution in [0, 0.1) is 11.6 Å². The Morgan fingerprint density at radius 3 is 2.07 bits per heavy atom. The number of carbonyl (C=O) groups is 2. The minimum absolute atomic E-state index is 0.0559. The van der Waals surface area contributed by atoms with Gasteiger partial charge in [-0.25, -0.2) is 26.3 Å². The average Bonchev–Trinajstić information content (AvgIpc) is 3.14. The molecule has 1 atom stereocenters. The number of carbonyl (C=O) groups excluding carboxylic acids is 1. The van der Waals surface area contributed by atoms with Gasteiger partial charge in [-0.15, -0.1) is 0 Å². The normalized spacial score (nSPS) is 15.4. The van der Waals surface area contributed by atoms with Gasteiger partial charge in [-0.05, 0) is 46.5 Å². The fraction of sp³-hybridized carbons (Fsp3) is 0.385. The fourth-order valence-electron chi connectivity index (χ4n) is 6.52. The maximum Gasteiger partial charge on any atom is 0.303 e. The summed E-state index contributed by atoms with van der Waals surface area (Å²) in [5, 5.41) is 11.1.